The Morgan fingerprint density at radius 1 is 1.41 bits per heavy atom. The quantitative estimate of drug-likeness (QED) is 0.813. The Bertz CT molecular complexity index is 852. The molecule has 27 heavy (non-hydrogen) atoms. The molecule has 0 aliphatic carbocycles. The third kappa shape index (κ3) is 3.50. The molecule has 0 bridgehead atoms. The van der Waals surface area contributed by atoms with E-state index >= 15 is 0 Å². The molecule has 1 amide bonds. The summed E-state index contributed by atoms with van der Waals surface area (Å²) in [6, 6.07) is 4.48. The van der Waals surface area contributed by atoms with Crippen molar-refractivity contribution in [3.05, 3.63) is 59.3 Å². The number of halogens is 3. The molecular weight excluding hydrogens is 355 g/mol. The molecular formula is C20H22F3N3O. The van der Waals surface area contributed by atoms with Gasteiger partial charge in [-0.05, 0) is 38.5 Å². The molecule has 0 spiro atoms. The van der Waals surface area contributed by atoms with Gasteiger partial charge in [0.25, 0.3) is 5.91 Å². The zero-order chi connectivity index (χ0) is 20.0. The number of alkyl halides is 3. The van der Waals surface area contributed by atoms with Gasteiger partial charge in [0.2, 0.25) is 0 Å². The maximum atomic E-state index is 13.2. The largest absolute Gasteiger partial charge is 0.416 e. The van der Waals surface area contributed by atoms with Gasteiger partial charge in [-0.2, -0.15) is 13.2 Å². The van der Waals surface area contributed by atoms with E-state index in [4.69, 9.17) is 0 Å². The number of amides is 1. The monoisotopic (exact) mass is 377 g/mol. The maximum Gasteiger partial charge on any atom is 0.416 e. The van der Waals surface area contributed by atoms with Crippen molar-refractivity contribution >= 4 is 11.6 Å². The first-order valence-corrected chi connectivity index (χ1v) is 8.69. The van der Waals surface area contributed by atoms with Crippen molar-refractivity contribution < 1.29 is 18.0 Å². The van der Waals surface area contributed by atoms with Gasteiger partial charge in [0.1, 0.15) is 5.71 Å². The van der Waals surface area contributed by atoms with Crippen LogP contribution in [0.2, 0.25) is 0 Å². The molecule has 1 saturated heterocycles. The molecule has 3 rings (SSSR count). The van der Waals surface area contributed by atoms with Crippen LogP contribution in [0.5, 0.6) is 0 Å². The van der Waals surface area contributed by atoms with Crippen LogP contribution in [-0.4, -0.2) is 35.1 Å². The van der Waals surface area contributed by atoms with E-state index in [0.717, 1.165) is 17.8 Å². The first kappa shape index (κ1) is 19.2. The Balaban J connectivity index is 2.20. The van der Waals surface area contributed by atoms with Crippen molar-refractivity contribution in [1.29, 1.82) is 0 Å². The molecule has 1 aromatic carbocycles. The number of nitrogens with zero attached hydrogens (tertiary/aromatic N) is 2. The fourth-order valence-electron chi connectivity index (χ4n) is 3.49. The second kappa shape index (κ2) is 6.55. The van der Waals surface area contributed by atoms with E-state index in [9.17, 15) is 18.0 Å². The Morgan fingerprint density at radius 2 is 2.11 bits per heavy atom. The Kier molecular flexibility index (Phi) is 4.66. The van der Waals surface area contributed by atoms with Crippen LogP contribution in [0.15, 0.2) is 53.2 Å². The number of carbonyl (C=O) groups excluding carboxylic acids is 1. The second-order valence-corrected chi connectivity index (χ2v) is 7.44. The number of hydrogen-bond donors (Lipinski definition) is 1. The molecule has 1 aromatic rings. The molecule has 2 heterocycles. The van der Waals surface area contributed by atoms with E-state index in [1.165, 1.54) is 11.0 Å². The molecule has 0 radical (unpaired) electrons. The number of nitrogens with one attached hydrogen (secondary N) is 1. The van der Waals surface area contributed by atoms with Gasteiger partial charge in [-0.1, -0.05) is 18.2 Å². The van der Waals surface area contributed by atoms with Crippen LogP contribution in [0.3, 0.4) is 0 Å². The summed E-state index contributed by atoms with van der Waals surface area (Å²) in [7, 11) is 0. The Hall–Kier alpha value is -2.57. The van der Waals surface area contributed by atoms with Crippen LogP contribution < -0.4 is 5.32 Å². The first-order chi connectivity index (χ1) is 12.5. The Morgan fingerprint density at radius 3 is 2.74 bits per heavy atom. The van der Waals surface area contributed by atoms with Crippen molar-refractivity contribution in [1.82, 2.24) is 10.2 Å². The summed E-state index contributed by atoms with van der Waals surface area (Å²) in [6.07, 6.45) is -2.88. The van der Waals surface area contributed by atoms with Crippen LogP contribution in [0.25, 0.3) is 0 Å². The third-order valence-electron chi connectivity index (χ3n) is 4.76. The predicted molar refractivity (Wildman–Crippen MR) is 98.3 cm³/mol. The fraction of sp³-hybridized carbons (Fsp3) is 0.400. The molecule has 4 nitrogen and oxygen atoms in total. The van der Waals surface area contributed by atoms with E-state index < -0.39 is 23.3 Å². The maximum absolute atomic E-state index is 13.2. The lowest BCUT2D eigenvalue weighted by molar-refractivity contribution is -0.137. The molecule has 2 aliphatic heterocycles. The van der Waals surface area contributed by atoms with Crippen molar-refractivity contribution in [2.75, 3.05) is 13.1 Å². The SMILES string of the molecule is C=CCN1C(=O)C2=NC(C)(C)CNC(C)=C2C1c1cccc(C(F)(F)F)c1. The zero-order valence-corrected chi connectivity index (χ0v) is 15.5. The Labute approximate surface area is 156 Å². The highest BCUT2D eigenvalue weighted by Gasteiger charge is 2.45. The van der Waals surface area contributed by atoms with Crippen molar-refractivity contribution in [3.63, 3.8) is 0 Å². The normalized spacial score (nSPS) is 22.1. The predicted octanol–water partition coefficient (Wildman–Crippen LogP) is 3.87. The summed E-state index contributed by atoms with van der Waals surface area (Å²) >= 11 is 0. The number of fused-ring (bicyclic) bond motifs is 1. The lowest BCUT2D eigenvalue weighted by Crippen LogP contribution is -2.34. The van der Waals surface area contributed by atoms with Crippen LogP contribution in [0, 0.1) is 0 Å². The van der Waals surface area contributed by atoms with Gasteiger partial charge in [0, 0.05) is 24.4 Å². The average molecular weight is 377 g/mol. The summed E-state index contributed by atoms with van der Waals surface area (Å²) in [6.45, 7) is 10.1. The minimum atomic E-state index is -4.45. The smallest absolute Gasteiger partial charge is 0.386 e. The minimum absolute atomic E-state index is 0.218. The van der Waals surface area contributed by atoms with Gasteiger partial charge in [-0.25, -0.2) is 0 Å². The summed E-state index contributed by atoms with van der Waals surface area (Å²) in [5.74, 6) is -0.288. The molecule has 1 unspecified atom stereocenters. The highest BCUT2D eigenvalue weighted by molar-refractivity contribution is 6.48. The molecule has 2 aliphatic rings. The summed E-state index contributed by atoms with van der Waals surface area (Å²) in [5, 5.41) is 3.27. The lowest BCUT2D eigenvalue weighted by Gasteiger charge is -2.26. The number of carbonyl (C=O) groups is 1. The van der Waals surface area contributed by atoms with Gasteiger partial charge in [-0.15, -0.1) is 6.58 Å². The van der Waals surface area contributed by atoms with E-state index in [2.05, 4.69) is 16.9 Å². The molecule has 7 heteroatoms. The highest BCUT2D eigenvalue weighted by Crippen LogP contribution is 2.41. The van der Waals surface area contributed by atoms with Gasteiger partial charge in [0.05, 0.1) is 17.1 Å². The van der Waals surface area contributed by atoms with Crippen LogP contribution in [-0.2, 0) is 11.0 Å². The van der Waals surface area contributed by atoms with E-state index in [0.29, 0.717) is 23.4 Å². The number of likely N-dealkylation sites (tertiary alicyclic amines) is 1. The number of hydrogen-bond acceptors (Lipinski definition) is 3. The minimum Gasteiger partial charge on any atom is -0.386 e. The standard InChI is InChI=1S/C20H22F3N3O/c1-5-9-26-17(13-7-6-8-14(10-13)20(21,22)23)15-12(2)24-11-19(3,4)25-16(15)18(26)27/h5-8,10,17,24H,1,9,11H2,2-4H3. The number of benzene rings is 1. The van der Waals surface area contributed by atoms with Crippen LogP contribution >= 0.6 is 0 Å². The molecule has 1 fully saturated rings. The molecule has 0 saturated carbocycles. The third-order valence-corrected chi connectivity index (χ3v) is 4.76. The highest BCUT2D eigenvalue weighted by atomic mass is 19.4. The van der Waals surface area contributed by atoms with Crippen molar-refractivity contribution in [2.45, 2.75) is 38.5 Å². The van der Waals surface area contributed by atoms with Gasteiger partial charge in [0.15, 0.2) is 0 Å². The molecule has 1 N–H and O–H groups in total. The molecule has 1 atom stereocenters. The van der Waals surface area contributed by atoms with Crippen molar-refractivity contribution in [3.8, 4) is 0 Å². The van der Waals surface area contributed by atoms with Gasteiger partial charge < -0.3 is 10.2 Å². The zero-order valence-electron chi connectivity index (χ0n) is 15.5. The number of allylic oxidation sites excluding steroid dienone is 1. The first-order valence-electron chi connectivity index (χ1n) is 8.69. The van der Waals surface area contributed by atoms with E-state index in [-0.39, 0.29) is 12.5 Å². The summed E-state index contributed by atoms with van der Waals surface area (Å²) in [4.78, 5) is 19.2. The van der Waals surface area contributed by atoms with E-state index in [1.807, 2.05) is 20.8 Å². The summed E-state index contributed by atoms with van der Waals surface area (Å²) in [5.41, 5.74) is 0.856. The topological polar surface area (TPSA) is 44.7 Å². The summed E-state index contributed by atoms with van der Waals surface area (Å²) < 4.78 is 39.6. The van der Waals surface area contributed by atoms with Crippen LogP contribution in [0.1, 0.15) is 37.9 Å². The van der Waals surface area contributed by atoms with E-state index in [1.54, 1.807) is 12.1 Å². The fourth-order valence-corrected chi connectivity index (χ4v) is 3.49. The molecule has 144 valence electrons. The van der Waals surface area contributed by atoms with Gasteiger partial charge >= 0.3 is 6.18 Å². The van der Waals surface area contributed by atoms with Gasteiger partial charge in [-0.3, -0.25) is 9.79 Å². The number of rotatable bonds is 3. The van der Waals surface area contributed by atoms with Crippen molar-refractivity contribution in [2.24, 2.45) is 4.99 Å². The average Bonchev–Trinajstić information content (AvgIpc) is 2.77. The number of aliphatic imine (C=N–C) groups is 1. The lowest BCUT2D eigenvalue weighted by atomic mass is 9.95. The molecule has 0 aromatic heterocycles. The van der Waals surface area contributed by atoms with Crippen LogP contribution in [0.4, 0.5) is 13.2 Å². The second-order valence-electron chi connectivity index (χ2n) is 7.44.